The summed E-state index contributed by atoms with van der Waals surface area (Å²) in [6, 6.07) is 13.0. The summed E-state index contributed by atoms with van der Waals surface area (Å²) in [5, 5.41) is 0.605. The van der Waals surface area contributed by atoms with Crippen LogP contribution in [0, 0.1) is 5.82 Å². The topological polar surface area (TPSA) is 39.3 Å². The van der Waals surface area contributed by atoms with Crippen LogP contribution >= 0.6 is 11.6 Å². The molecule has 0 unspecified atom stereocenters. The number of hydrogen-bond donors (Lipinski definition) is 0. The second-order valence-corrected chi connectivity index (χ2v) is 5.75. The van der Waals surface area contributed by atoms with Crippen LogP contribution in [-0.2, 0) is 0 Å². The highest BCUT2D eigenvalue weighted by Crippen LogP contribution is 2.21. The van der Waals surface area contributed by atoms with Gasteiger partial charge in [-0.15, -0.1) is 0 Å². The summed E-state index contributed by atoms with van der Waals surface area (Å²) in [6.07, 6.45) is 5.14. The maximum absolute atomic E-state index is 13.1. The molecular weight excluding hydrogens is 329 g/mol. The maximum Gasteiger partial charge on any atom is 0.298 e. The third kappa shape index (κ3) is 2.49. The molecular formula is C18H11ClFN3O. The van der Waals surface area contributed by atoms with E-state index in [1.807, 2.05) is 12.1 Å². The average Bonchev–Trinajstić information content (AvgIpc) is 3.02. The Morgan fingerprint density at radius 1 is 1.04 bits per heavy atom. The van der Waals surface area contributed by atoms with Gasteiger partial charge in [0.15, 0.2) is 0 Å². The predicted octanol–water partition coefficient (Wildman–Crippen LogP) is 3.94. The molecule has 0 saturated carbocycles. The van der Waals surface area contributed by atoms with Gasteiger partial charge in [0.2, 0.25) is 5.65 Å². The van der Waals surface area contributed by atoms with E-state index < -0.39 is 0 Å². The second kappa shape index (κ2) is 5.62. The molecule has 0 aliphatic rings. The average molecular weight is 340 g/mol. The lowest BCUT2D eigenvalue weighted by Crippen LogP contribution is -2.19. The van der Waals surface area contributed by atoms with Gasteiger partial charge in [0.25, 0.3) is 5.56 Å². The van der Waals surface area contributed by atoms with Crippen LogP contribution in [0.5, 0.6) is 0 Å². The van der Waals surface area contributed by atoms with Gasteiger partial charge in [-0.1, -0.05) is 23.7 Å². The smallest absolute Gasteiger partial charge is 0.298 e. The van der Waals surface area contributed by atoms with Crippen LogP contribution in [-0.4, -0.2) is 14.0 Å². The summed E-state index contributed by atoms with van der Waals surface area (Å²) in [5.74, 6) is -0.350. The highest BCUT2D eigenvalue weighted by Gasteiger charge is 2.10. The highest BCUT2D eigenvalue weighted by molar-refractivity contribution is 6.30. The van der Waals surface area contributed by atoms with E-state index in [1.54, 1.807) is 47.3 Å². The van der Waals surface area contributed by atoms with Crippen molar-refractivity contribution in [2.75, 3.05) is 0 Å². The van der Waals surface area contributed by atoms with Gasteiger partial charge >= 0.3 is 0 Å². The molecule has 2 aromatic carbocycles. The molecule has 0 bridgehead atoms. The zero-order valence-corrected chi connectivity index (χ0v) is 13.1. The molecule has 118 valence electrons. The SMILES string of the molecule is O=c1c2nc(-c3cccc(Cl)c3)cn2ccn1-c1ccc(F)cc1. The van der Waals surface area contributed by atoms with E-state index >= 15 is 0 Å². The van der Waals surface area contributed by atoms with Gasteiger partial charge in [-0.2, -0.15) is 0 Å². The van der Waals surface area contributed by atoms with Crippen LogP contribution in [0.4, 0.5) is 4.39 Å². The van der Waals surface area contributed by atoms with Crippen LogP contribution in [0.3, 0.4) is 0 Å². The van der Waals surface area contributed by atoms with E-state index in [0.29, 0.717) is 16.4 Å². The van der Waals surface area contributed by atoms with Crippen LogP contribution in [0.15, 0.2) is 71.9 Å². The summed E-state index contributed by atoms with van der Waals surface area (Å²) in [4.78, 5) is 17.1. The van der Waals surface area contributed by atoms with Gasteiger partial charge in [-0.25, -0.2) is 9.37 Å². The maximum atomic E-state index is 13.1. The number of fused-ring (bicyclic) bond motifs is 1. The van der Waals surface area contributed by atoms with Crippen LogP contribution < -0.4 is 5.56 Å². The van der Waals surface area contributed by atoms with Crippen LogP contribution in [0.2, 0.25) is 5.02 Å². The van der Waals surface area contributed by atoms with Crippen molar-refractivity contribution in [2.45, 2.75) is 0 Å². The van der Waals surface area contributed by atoms with Gasteiger partial charge in [0, 0.05) is 34.9 Å². The molecule has 4 rings (SSSR count). The summed E-state index contributed by atoms with van der Waals surface area (Å²) in [7, 11) is 0. The third-order valence-corrected chi connectivity index (χ3v) is 3.98. The summed E-state index contributed by atoms with van der Waals surface area (Å²) >= 11 is 6.01. The van der Waals surface area contributed by atoms with Crippen LogP contribution in [0.1, 0.15) is 0 Å². The minimum absolute atomic E-state index is 0.280. The molecule has 0 radical (unpaired) electrons. The molecule has 6 heteroatoms. The van der Waals surface area contributed by atoms with E-state index in [4.69, 9.17) is 11.6 Å². The fourth-order valence-corrected chi connectivity index (χ4v) is 2.76. The Morgan fingerprint density at radius 2 is 1.83 bits per heavy atom. The number of imidazole rings is 1. The normalized spacial score (nSPS) is 11.1. The van der Waals surface area contributed by atoms with Crippen molar-refractivity contribution in [1.82, 2.24) is 14.0 Å². The first-order valence-electron chi connectivity index (χ1n) is 7.24. The lowest BCUT2D eigenvalue weighted by Gasteiger charge is -2.05. The number of rotatable bonds is 2. The summed E-state index contributed by atoms with van der Waals surface area (Å²) in [5.41, 5.74) is 2.08. The largest absolute Gasteiger partial charge is 0.300 e. The van der Waals surface area contributed by atoms with Gasteiger partial charge in [0.1, 0.15) is 5.82 Å². The fraction of sp³-hybridized carbons (Fsp3) is 0. The Morgan fingerprint density at radius 3 is 2.58 bits per heavy atom. The molecule has 2 aromatic heterocycles. The van der Waals surface area contributed by atoms with Gasteiger partial charge in [-0.3, -0.25) is 9.36 Å². The molecule has 4 aromatic rings. The Hall–Kier alpha value is -2.92. The molecule has 2 heterocycles. The zero-order valence-electron chi connectivity index (χ0n) is 12.4. The first-order valence-corrected chi connectivity index (χ1v) is 7.62. The van der Waals surface area contributed by atoms with Crippen molar-refractivity contribution in [2.24, 2.45) is 0 Å². The van der Waals surface area contributed by atoms with Gasteiger partial charge in [0.05, 0.1) is 5.69 Å². The molecule has 0 atom stereocenters. The Bertz CT molecular complexity index is 1100. The van der Waals surface area contributed by atoms with E-state index in [1.165, 1.54) is 16.7 Å². The van der Waals surface area contributed by atoms with Crippen molar-refractivity contribution < 1.29 is 4.39 Å². The van der Waals surface area contributed by atoms with Crippen molar-refractivity contribution in [1.29, 1.82) is 0 Å². The third-order valence-electron chi connectivity index (χ3n) is 3.74. The van der Waals surface area contributed by atoms with Crippen molar-refractivity contribution in [3.05, 3.63) is 88.3 Å². The highest BCUT2D eigenvalue weighted by atomic mass is 35.5. The zero-order chi connectivity index (χ0) is 16.7. The standard InChI is InChI=1S/C18H11ClFN3O/c19-13-3-1-2-12(10-13)16-11-22-8-9-23(18(24)17(22)21-16)15-6-4-14(20)5-7-15/h1-11H. The van der Waals surface area contributed by atoms with Gasteiger partial charge < -0.3 is 4.40 Å². The van der Waals surface area contributed by atoms with Gasteiger partial charge in [-0.05, 0) is 36.4 Å². The summed E-state index contributed by atoms with van der Waals surface area (Å²) < 4.78 is 16.2. The molecule has 24 heavy (non-hydrogen) atoms. The van der Waals surface area contributed by atoms with Crippen LogP contribution in [0.25, 0.3) is 22.6 Å². The number of aromatic nitrogens is 3. The number of hydrogen-bond acceptors (Lipinski definition) is 2. The van der Waals surface area contributed by atoms with Crippen molar-refractivity contribution in [3.63, 3.8) is 0 Å². The predicted molar refractivity (Wildman–Crippen MR) is 91.2 cm³/mol. The number of halogens is 2. The quantitative estimate of drug-likeness (QED) is 0.555. The molecule has 0 amide bonds. The second-order valence-electron chi connectivity index (χ2n) is 5.32. The molecule has 0 spiro atoms. The Balaban J connectivity index is 1.88. The molecule has 0 aliphatic heterocycles. The molecule has 4 nitrogen and oxygen atoms in total. The van der Waals surface area contributed by atoms with Crippen molar-refractivity contribution >= 4 is 17.2 Å². The Labute approximate surface area is 141 Å². The minimum atomic E-state index is -0.350. The number of nitrogens with zero attached hydrogens (tertiary/aromatic N) is 3. The van der Waals surface area contributed by atoms with E-state index in [-0.39, 0.29) is 17.0 Å². The first-order chi connectivity index (χ1) is 11.6. The van der Waals surface area contributed by atoms with Crippen molar-refractivity contribution in [3.8, 4) is 16.9 Å². The lowest BCUT2D eigenvalue weighted by atomic mass is 10.2. The first kappa shape index (κ1) is 14.7. The molecule has 0 aliphatic carbocycles. The molecule has 0 N–H and O–H groups in total. The van der Waals surface area contributed by atoms with E-state index in [9.17, 15) is 9.18 Å². The van der Waals surface area contributed by atoms with E-state index in [0.717, 1.165) is 5.56 Å². The summed E-state index contributed by atoms with van der Waals surface area (Å²) in [6.45, 7) is 0. The molecule has 0 fully saturated rings. The molecule has 0 saturated heterocycles. The number of benzene rings is 2. The Kier molecular flexibility index (Phi) is 3.43. The minimum Gasteiger partial charge on any atom is -0.300 e. The van der Waals surface area contributed by atoms with E-state index in [2.05, 4.69) is 4.98 Å². The monoisotopic (exact) mass is 339 g/mol. The lowest BCUT2D eigenvalue weighted by molar-refractivity contribution is 0.627. The fourth-order valence-electron chi connectivity index (χ4n) is 2.57.